The molecule has 0 unspecified atom stereocenters. The molecule has 2 aromatic carbocycles. The molecule has 6 nitrogen and oxygen atoms in total. The van der Waals surface area contributed by atoms with Crippen LogP contribution in [0.2, 0.25) is 0 Å². The van der Waals surface area contributed by atoms with E-state index in [0.717, 1.165) is 40.9 Å². The molecule has 28 heavy (non-hydrogen) atoms. The van der Waals surface area contributed by atoms with Gasteiger partial charge in [0.05, 0.1) is 0 Å². The van der Waals surface area contributed by atoms with Gasteiger partial charge in [0.2, 0.25) is 5.91 Å². The van der Waals surface area contributed by atoms with E-state index in [9.17, 15) is 14.4 Å². The molecule has 2 N–H and O–H groups in total. The number of amides is 4. The molecule has 6 heteroatoms. The molecule has 1 heterocycles. The van der Waals surface area contributed by atoms with Crippen molar-refractivity contribution in [2.24, 2.45) is 0 Å². The van der Waals surface area contributed by atoms with Crippen LogP contribution in [0.3, 0.4) is 0 Å². The topological polar surface area (TPSA) is 78.5 Å². The smallest absolute Gasteiger partial charge is 0.324 e. The number of hydrogen-bond acceptors (Lipinski definition) is 3. The summed E-state index contributed by atoms with van der Waals surface area (Å²) in [6, 6.07) is 14.7. The first-order valence-electron chi connectivity index (χ1n) is 9.65. The highest BCUT2D eigenvalue weighted by atomic mass is 16.2. The Morgan fingerprint density at radius 2 is 1.89 bits per heavy atom. The summed E-state index contributed by atoms with van der Waals surface area (Å²) in [5.74, 6) is -0.728. The highest BCUT2D eigenvalue weighted by Crippen LogP contribution is 2.39. The first kappa shape index (κ1) is 18.2. The Labute approximate surface area is 163 Å². The van der Waals surface area contributed by atoms with Gasteiger partial charge in [0.15, 0.2) is 0 Å². The van der Waals surface area contributed by atoms with Crippen LogP contribution in [-0.2, 0) is 28.0 Å². The third-order valence-electron chi connectivity index (χ3n) is 5.62. The number of nitrogens with one attached hydrogen (secondary N) is 2. The zero-order valence-corrected chi connectivity index (χ0v) is 15.8. The predicted octanol–water partition coefficient (Wildman–Crippen LogP) is 2.97. The summed E-state index contributed by atoms with van der Waals surface area (Å²) >= 11 is 0. The third kappa shape index (κ3) is 2.95. The zero-order valence-electron chi connectivity index (χ0n) is 15.8. The summed E-state index contributed by atoms with van der Waals surface area (Å²) in [4.78, 5) is 39.4. The molecule has 2 aliphatic rings. The van der Waals surface area contributed by atoms with Crippen LogP contribution >= 0.6 is 0 Å². The molecule has 1 spiro atoms. The quantitative estimate of drug-likeness (QED) is 0.804. The first-order chi connectivity index (χ1) is 13.5. The van der Waals surface area contributed by atoms with E-state index in [4.69, 9.17) is 0 Å². The minimum atomic E-state index is -1.05. The number of hydrogen-bond donors (Lipinski definition) is 2. The van der Waals surface area contributed by atoms with Crippen molar-refractivity contribution in [3.05, 3.63) is 65.2 Å². The normalized spacial score (nSPS) is 20.8. The minimum Gasteiger partial charge on any atom is -0.324 e. The van der Waals surface area contributed by atoms with Crippen LogP contribution in [0.4, 0.5) is 10.5 Å². The van der Waals surface area contributed by atoms with E-state index < -0.39 is 11.6 Å². The van der Waals surface area contributed by atoms with Gasteiger partial charge in [0.1, 0.15) is 12.1 Å². The van der Waals surface area contributed by atoms with Crippen molar-refractivity contribution < 1.29 is 14.4 Å². The fourth-order valence-electron chi connectivity index (χ4n) is 4.24. The maximum absolute atomic E-state index is 13.2. The van der Waals surface area contributed by atoms with Gasteiger partial charge in [-0.25, -0.2) is 4.79 Å². The Balaban J connectivity index is 1.55. The molecule has 2 aromatic rings. The van der Waals surface area contributed by atoms with Gasteiger partial charge >= 0.3 is 6.03 Å². The first-order valence-corrected chi connectivity index (χ1v) is 9.65. The number of carbonyl (C=O) groups excluding carboxylic acids is 3. The standard InChI is InChI=1S/C22H23N3O3/c1-2-15-8-4-6-12-18(15)23-19(26)14-25-20(27)22(24-21(25)28)13-7-10-16-9-3-5-11-17(16)22/h3-6,8-9,11-12H,2,7,10,13-14H2,1H3,(H,23,26)(H,24,28)/t22-/m0/s1. The number of aryl methyl sites for hydroxylation is 2. The monoisotopic (exact) mass is 377 g/mol. The van der Waals surface area contributed by atoms with Gasteiger partial charge in [-0.1, -0.05) is 49.4 Å². The van der Waals surface area contributed by atoms with Crippen LogP contribution in [0.15, 0.2) is 48.5 Å². The number of para-hydroxylation sites is 1. The van der Waals surface area contributed by atoms with Gasteiger partial charge in [0, 0.05) is 5.69 Å². The molecule has 1 saturated heterocycles. The van der Waals surface area contributed by atoms with Crippen LogP contribution in [0.5, 0.6) is 0 Å². The van der Waals surface area contributed by atoms with E-state index >= 15 is 0 Å². The molecule has 0 aromatic heterocycles. The van der Waals surface area contributed by atoms with Gasteiger partial charge in [-0.3, -0.25) is 14.5 Å². The number of urea groups is 1. The molecule has 1 atom stereocenters. The number of carbonyl (C=O) groups is 3. The average Bonchev–Trinajstić information content (AvgIpc) is 2.93. The molecule has 0 bridgehead atoms. The second-order valence-electron chi connectivity index (χ2n) is 7.30. The molecule has 4 rings (SSSR count). The van der Waals surface area contributed by atoms with E-state index in [0.29, 0.717) is 12.1 Å². The Morgan fingerprint density at radius 1 is 1.14 bits per heavy atom. The lowest BCUT2D eigenvalue weighted by atomic mass is 9.76. The maximum atomic E-state index is 13.2. The number of anilines is 1. The molecule has 0 saturated carbocycles. The second kappa shape index (κ2) is 7.11. The average molecular weight is 377 g/mol. The molecule has 0 radical (unpaired) electrons. The van der Waals surface area contributed by atoms with Crippen molar-refractivity contribution in [2.45, 2.75) is 38.1 Å². The highest BCUT2D eigenvalue weighted by Gasteiger charge is 2.54. The van der Waals surface area contributed by atoms with Crippen molar-refractivity contribution in [1.82, 2.24) is 10.2 Å². The van der Waals surface area contributed by atoms with Crippen LogP contribution in [-0.4, -0.2) is 29.3 Å². The highest BCUT2D eigenvalue weighted by molar-refractivity contribution is 6.10. The van der Waals surface area contributed by atoms with Gasteiger partial charge < -0.3 is 10.6 Å². The van der Waals surface area contributed by atoms with Gasteiger partial charge in [-0.2, -0.15) is 0 Å². The lowest BCUT2D eigenvalue weighted by molar-refractivity contribution is -0.134. The van der Waals surface area contributed by atoms with Crippen LogP contribution in [0, 0.1) is 0 Å². The Bertz CT molecular complexity index is 956. The fourth-order valence-corrected chi connectivity index (χ4v) is 4.24. The van der Waals surface area contributed by atoms with Gasteiger partial charge in [-0.15, -0.1) is 0 Å². The Kier molecular flexibility index (Phi) is 4.63. The van der Waals surface area contributed by atoms with Crippen LogP contribution < -0.4 is 10.6 Å². The molecule has 144 valence electrons. The zero-order chi connectivity index (χ0) is 19.7. The molecule has 4 amide bonds. The van der Waals surface area contributed by atoms with E-state index in [1.54, 1.807) is 0 Å². The summed E-state index contributed by atoms with van der Waals surface area (Å²) in [7, 11) is 0. The SMILES string of the molecule is CCc1ccccc1NC(=O)CN1C(=O)N[C@]2(CCCc3ccccc32)C1=O. The predicted molar refractivity (Wildman–Crippen MR) is 106 cm³/mol. The lowest BCUT2D eigenvalue weighted by Crippen LogP contribution is -2.47. The van der Waals surface area contributed by atoms with E-state index in [2.05, 4.69) is 10.6 Å². The number of fused-ring (bicyclic) bond motifs is 2. The summed E-state index contributed by atoms with van der Waals surface area (Å²) in [6.45, 7) is 1.71. The minimum absolute atomic E-state index is 0.299. The van der Waals surface area contributed by atoms with Gasteiger partial charge in [0.25, 0.3) is 5.91 Å². The van der Waals surface area contributed by atoms with Crippen molar-refractivity contribution in [3.8, 4) is 0 Å². The summed E-state index contributed by atoms with van der Waals surface area (Å²) in [5, 5.41) is 5.70. The van der Waals surface area contributed by atoms with Crippen molar-refractivity contribution in [3.63, 3.8) is 0 Å². The largest absolute Gasteiger partial charge is 0.325 e. The van der Waals surface area contributed by atoms with E-state index in [-0.39, 0.29) is 18.4 Å². The van der Waals surface area contributed by atoms with Crippen LogP contribution in [0.1, 0.15) is 36.5 Å². The Morgan fingerprint density at radius 3 is 2.71 bits per heavy atom. The lowest BCUT2D eigenvalue weighted by Gasteiger charge is -2.33. The second-order valence-corrected chi connectivity index (χ2v) is 7.30. The number of imide groups is 1. The van der Waals surface area contributed by atoms with Crippen LogP contribution in [0.25, 0.3) is 0 Å². The van der Waals surface area contributed by atoms with E-state index in [1.807, 2.05) is 55.5 Å². The van der Waals surface area contributed by atoms with Crippen molar-refractivity contribution in [2.75, 3.05) is 11.9 Å². The number of rotatable bonds is 4. The third-order valence-corrected chi connectivity index (χ3v) is 5.62. The molecular formula is C22H23N3O3. The van der Waals surface area contributed by atoms with E-state index in [1.165, 1.54) is 0 Å². The number of nitrogens with zero attached hydrogens (tertiary/aromatic N) is 1. The van der Waals surface area contributed by atoms with Crippen molar-refractivity contribution in [1.29, 1.82) is 0 Å². The summed E-state index contributed by atoms with van der Waals surface area (Å²) < 4.78 is 0. The van der Waals surface area contributed by atoms with Gasteiger partial charge in [-0.05, 0) is 48.4 Å². The summed E-state index contributed by atoms with van der Waals surface area (Å²) in [6.07, 6.45) is 3.02. The molecule has 1 aliphatic heterocycles. The number of benzene rings is 2. The fraction of sp³-hybridized carbons (Fsp3) is 0.318. The maximum Gasteiger partial charge on any atom is 0.325 e. The van der Waals surface area contributed by atoms with Crippen molar-refractivity contribution >= 4 is 23.5 Å². The Hall–Kier alpha value is -3.15. The molecular weight excluding hydrogens is 354 g/mol. The molecule has 1 fully saturated rings. The summed E-state index contributed by atoms with van der Waals surface area (Å²) in [5.41, 5.74) is 2.59. The molecule has 1 aliphatic carbocycles.